The van der Waals surface area contributed by atoms with Crippen LogP contribution in [0.2, 0.25) is 0 Å². The van der Waals surface area contributed by atoms with Crippen LogP contribution < -0.4 is 5.73 Å². The van der Waals surface area contributed by atoms with E-state index in [1.807, 2.05) is 26.0 Å². The van der Waals surface area contributed by atoms with Gasteiger partial charge in [-0.1, -0.05) is 30.3 Å². The zero-order valence-corrected chi connectivity index (χ0v) is 15.9. The number of hydrogen-bond donors (Lipinski definition) is 1. The van der Waals surface area contributed by atoms with E-state index in [9.17, 15) is 9.59 Å². The van der Waals surface area contributed by atoms with Gasteiger partial charge in [0.1, 0.15) is 0 Å². The molecule has 1 amide bonds. The second-order valence-corrected chi connectivity index (χ2v) is 7.34. The van der Waals surface area contributed by atoms with Gasteiger partial charge in [-0.2, -0.15) is 0 Å². The highest BCUT2D eigenvalue weighted by atomic mass is 16.1. The molecule has 2 N–H and O–H groups in total. The lowest BCUT2D eigenvalue weighted by Crippen LogP contribution is -2.48. The zero-order valence-electron chi connectivity index (χ0n) is 15.9. The Morgan fingerprint density at radius 2 is 1.77 bits per heavy atom. The van der Waals surface area contributed by atoms with Gasteiger partial charge < -0.3 is 5.73 Å². The van der Waals surface area contributed by atoms with Crippen LogP contribution in [0.1, 0.15) is 50.7 Å². The molecular weight excluding hydrogens is 324 g/mol. The molecule has 1 aliphatic rings. The van der Waals surface area contributed by atoms with Crippen molar-refractivity contribution in [3.8, 4) is 0 Å². The monoisotopic (exact) mass is 350 g/mol. The summed E-state index contributed by atoms with van der Waals surface area (Å²) in [5, 5.41) is 0. The summed E-state index contributed by atoms with van der Waals surface area (Å²) < 4.78 is 0. The molecule has 2 aromatic rings. The molecule has 0 spiro atoms. The Kier molecular flexibility index (Phi) is 4.97. The van der Waals surface area contributed by atoms with E-state index in [-0.39, 0.29) is 17.7 Å². The fraction of sp³-hybridized carbons (Fsp3) is 0.364. The molecular formula is C22H26N2O2. The number of fused-ring (bicyclic) bond motifs is 1. The standard InChI is InChI=1S/C22H26N2O2/c1-13-9-14(2)21(16(4)25)15(3)19(13)12-24-11-18-8-6-5-7-17(18)10-20(24)22(23)26/h5-9,20H,10-12H2,1-4H3,(H2,23,26)/t20-/m1/s1. The van der Waals surface area contributed by atoms with Crippen molar-refractivity contribution in [2.45, 2.75) is 53.2 Å². The molecule has 136 valence electrons. The summed E-state index contributed by atoms with van der Waals surface area (Å²) in [5.74, 6) is -0.217. The quantitative estimate of drug-likeness (QED) is 0.861. The molecule has 26 heavy (non-hydrogen) atoms. The summed E-state index contributed by atoms with van der Waals surface area (Å²) in [5.41, 5.74) is 13.2. The number of Topliss-reactive ketones (excluding diaryl/α,β-unsaturated/α-hetero) is 1. The lowest BCUT2D eigenvalue weighted by Gasteiger charge is -2.36. The molecule has 0 fully saturated rings. The van der Waals surface area contributed by atoms with Crippen molar-refractivity contribution in [3.05, 3.63) is 69.3 Å². The van der Waals surface area contributed by atoms with E-state index >= 15 is 0 Å². The van der Waals surface area contributed by atoms with Gasteiger partial charge in [-0.25, -0.2) is 0 Å². The molecule has 3 rings (SSSR count). The zero-order chi connectivity index (χ0) is 19.0. The van der Waals surface area contributed by atoms with Crippen molar-refractivity contribution in [1.29, 1.82) is 0 Å². The summed E-state index contributed by atoms with van der Waals surface area (Å²) in [7, 11) is 0. The second kappa shape index (κ2) is 7.04. The van der Waals surface area contributed by atoms with Gasteiger partial charge in [0, 0.05) is 18.7 Å². The number of hydrogen-bond acceptors (Lipinski definition) is 3. The third-order valence-electron chi connectivity index (χ3n) is 5.52. The fourth-order valence-corrected chi connectivity index (χ4v) is 4.24. The maximum Gasteiger partial charge on any atom is 0.235 e. The van der Waals surface area contributed by atoms with Crippen molar-refractivity contribution in [2.75, 3.05) is 0 Å². The number of carbonyl (C=O) groups is 2. The fourth-order valence-electron chi connectivity index (χ4n) is 4.24. The van der Waals surface area contributed by atoms with Crippen LogP contribution in [0.15, 0.2) is 30.3 Å². The lowest BCUT2D eigenvalue weighted by molar-refractivity contribution is -0.124. The Hall–Kier alpha value is -2.46. The number of primary amides is 1. The smallest absolute Gasteiger partial charge is 0.235 e. The van der Waals surface area contributed by atoms with Crippen molar-refractivity contribution in [2.24, 2.45) is 5.73 Å². The summed E-state index contributed by atoms with van der Waals surface area (Å²) in [6.07, 6.45) is 0.634. The highest BCUT2D eigenvalue weighted by Gasteiger charge is 2.30. The normalized spacial score (nSPS) is 17.0. The first-order chi connectivity index (χ1) is 12.3. The van der Waals surface area contributed by atoms with E-state index in [0.29, 0.717) is 19.5 Å². The minimum Gasteiger partial charge on any atom is -0.368 e. The molecule has 0 radical (unpaired) electrons. The Morgan fingerprint density at radius 1 is 1.12 bits per heavy atom. The number of nitrogens with two attached hydrogens (primary N) is 1. The van der Waals surface area contributed by atoms with Gasteiger partial charge in [-0.05, 0) is 67.5 Å². The van der Waals surface area contributed by atoms with Gasteiger partial charge in [-0.3, -0.25) is 14.5 Å². The lowest BCUT2D eigenvalue weighted by atomic mass is 9.89. The average molecular weight is 350 g/mol. The number of ketones is 1. The Morgan fingerprint density at radius 3 is 2.38 bits per heavy atom. The third-order valence-corrected chi connectivity index (χ3v) is 5.52. The van der Waals surface area contributed by atoms with Crippen LogP contribution in [-0.2, 0) is 24.3 Å². The van der Waals surface area contributed by atoms with E-state index in [1.54, 1.807) is 6.92 Å². The maximum absolute atomic E-state index is 12.1. The first-order valence-electron chi connectivity index (χ1n) is 9.00. The van der Waals surface area contributed by atoms with Crippen LogP contribution in [0.5, 0.6) is 0 Å². The highest BCUT2D eigenvalue weighted by molar-refractivity contribution is 5.97. The molecule has 4 nitrogen and oxygen atoms in total. The minimum atomic E-state index is -0.328. The van der Waals surface area contributed by atoms with Gasteiger partial charge >= 0.3 is 0 Å². The van der Waals surface area contributed by atoms with Crippen LogP contribution in [0.25, 0.3) is 0 Å². The van der Waals surface area contributed by atoms with Crippen molar-refractivity contribution < 1.29 is 9.59 Å². The Bertz CT molecular complexity index is 886. The van der Waals surface area contributed by atoms with Crippen LogP contribution in [0, 0.1) is 20.8 Å². The largest absolute Gasteiger partial charge is 0.368 e. The molecule has 4 heteroatoms. The molecule has 1 atom stereocenters. The van der Waals surface area contributed by atoms with Crippen molar-refractivity contribution in [3.63, 3.8) is 0 Å². The predicted molar refractivity (Wildman–Crippen MR) is 103 cm³/mol. The number of nitrogens with zero attached hydrogens (tertiary/aromatic N) is 1. The maximum atomic E-state index is 12.1. The van der Waals surface area contributed by atoms with Crippen LogP contribution >= 0.6 is 0 Å². The molecule has 2 aromatic carbocycles. The molecule has 0 aromatic heterocycles. The number of carbonyl (C=O) groups excluding carboxylic acids is 2. The van der Waals surface area contributed by atoms with Crippen molar-refractivity contribution in [1.82, 2.24) is 4.90 Å². The van der Waals surface area contributed by atoms with Gasteiger partial charge in [0.05, 0.1) is 6.04 Å². The molecule has 0 saturated carbocycles. The van der Waals surface area contributed by atoms with Crippen LogP contribution in [0.4, 0.5) is 0 Å². The number of aryl methyl sites for hydroxylation is 2. The number of benzene rings is 2. The van der Waals surface area contributed by atoms with E-state index in [1.165, 1.54) is 11.1 Å². The average Bonchev–Trinajstić information content (AvgIpc) is 2.57. The predicted octanol–water partition coefficient (Wildman–Crippen LogP) is 3.23. The summed E-state index contributed by atoms with van der Waals surface area (Å²) in [6, 6.07) is 9.94. The first kappa shape index (κ1) is 18.3. The topological polar surface area (TPSA) is 63.4 Å². The SMILES string of the molecule is CC(=O)c1c(C)cc(C)c(CN2Cc3ccccc3C[C@@H]2C(N)=O)c1C. The molecule has 0 bridgehead atoms. The van der Waals surface area contributed by atoms with E-state index in [0.717, 1.165) is 27.8 Å². The summed E-state index contributed by atoms with van der Waals surface area (Å²) in [6.45, 7) is 8.95. The van der Waals surface area contributed by atoms with Crippen LogP contribution in [-0.4, -0.2) is 22.6 Å². The summed E-state index contributed by atoms with van der Waals surface area (Å²) >= 11 is 0. The van der Waals surface area contributed by atoms with Gasteiger partial charge in [-0.15, -0.1) is 0 Å². The summed E-state index contributed by atoms with van der Waals surface area (Å²) in [4.78, 5) is 26.3. The number of amides is 1. The second-order valence-electron chi connectivity index (χ2n) is 7.34. The highest BCUT2D eigenvalue weighted by Crippen LogP contribution is 2.29. The Labute approximate surface area is 155 Å². The van der Waals surface area contributed by atoms with E-state index in [2.05, 4.69) is 30.0 Å². The van der Waals surface area contributed by atoms with Gasteiger partial charge in [0.15, 0.2) is 5.78 Å². The Balaban J connectivity index is 2.01. The molecule has 0 aliphatic carbocycles. The van der Waals surface area contributed by atoms with Crippen molar-refractivity contribution >= 4 is 11.7 Å². The molecule has 0 saturated heterocycles. The molecule has 1 aliphatic heterocycles. The van der Waals surface area contributed by atoms with Gasteiger partial charge in [0.25, 0.3) is 0 Å². The van der Waals surface area contributed by atoms with E-state index < -0.39 is 0 Å². The van der Waals surface area contributed by atoms with Crippen LogP contribution in [0.3, 0.4) is 0 Å². The third kappa shape index (κ3) is 3.29. The van der Waals surface area contributed by atoms with Gasteiger partial charge in [0.2, 0.25) is 5.91 Å². The molecule has 0 unspecified atom stereocenters. The molecule has 1 heterocycles. The minimum absolute atomic E-state index is 0.0803. The van der Waals surface area contributed by atoms with E-state index in [4.69, 9.17) is 5.73 Å². The first-order valence-corrected chi connectivity index (χ1v) is 9.00. The number of rotatable bonds is 4.